The average molecular weight is 300 g/mol. The van der Waals surface area contributed by atoms with Gasteiger partial charge in [0.1, 0.15) is 10.7 Å². The van der Waals surface area contributed by atoms with Gasteiger partial charge < -0.3 is 0 Å². The van der Waals surface area contributed by atoms with E-state index < -0.39 is 0 Å². The number of aryl methyl sites for hydroxylation is 1. The first kappa shape index (κ1) is 13.9. The lowest BCUT2D eigenvalue weighted by Gasteiger charge is -2.12. The lowest BCUT2D eigenvalue weighted by Crippen LogP contribution is -2.19. The molecule has 1 aromatic carbocycles. The molecule has 0 spiro atoms. The fourth-order valence-electron chi connectivity index (χ4n) is 2.35. The van der Waals surface area contributed by atoms with E-state index in [2.05, 4.69) is 34.4 Å². The highest BCUT2D eigenvalue weighted by molar-refractivity contribution is 7.16. The summed E-state index contributed by atoms with van der Waals surface area (Å²) >= 11 is 1.44. The van der Waals surface area contributed by atoms with Crippen molar-refractivity contribution in [1.29, 1.82) is 0 Å². The van der Waals surface area contributed by atoms with Crippen molar-refractivity contribution in [2.75, 3.05) is 0 Å². The fourth-order valence-corrected chi connectivity index (χ4v) is 3.35. The Bertz CT molecular complexity index is 809. The second kappa shape index (κ2) is 5.73. The van der Waals surface area contributed by atoms with Crippen LogP contribution in [-0.4, -0.2) is 19.8 Å². The summed E-state index contributed by atoms with van der Waals surface area (Å²) in [5.41, 5.74) is 1.40. The standard InChI is InChI=1S/C15H16N4OS/c1-3-7-12(11-8-5-4-6-9-11)13-18-19-14(20)10(2)16-17-15(19)21-13/h4-6,8-9,12H,3,7H2,1-2H3/t12-/m0/s1. The molecule has 0 fully saturated rings. The molecule has 0 unspecified atom stereocenters. The van der Waals surface area contributed by atoms with Crippen molar-refractivity contribution < 1.29 is 0 Å². The quantitative estimate of drug-likeness (QED) is 0.743. The third-order valence-corrected chi connectivity index (χ3v) is 4.45. The molecule has 3 rings (SSSR count). The molecule has 0 saturated carbocycles. The van der Waals surface area contributed by atoms with Gasteiger partial charge in [-0.25, -0.2) is 0 Å². The van der Waals surface area contributed by atoms with Crippen LogP contribution < -0.4 is 5.56 Å². The van der Waals surface area contributed by atoms with Crippen LogP contribution in [0.3, 0.4) is 0 Å². The summed E-state index contributed by atoms with van der Waals surface area (Å²) in [4.78, 5) is 12.6. The Morgan fingerprint density at radius 2 is 2.00 bits per heavy atom. The van der Waals surface area contributed by atoms with Gasteiger partial charge in [-0.05, 0) is 18.9 Å². The number of rotatable bonds is 4. The Labute approximate surface area is 126 Å². The molecule has 2 heterocycles. The lowest BCUT2D eigenvalue weighted by molar-refractivity contribution is 0.674. The molecule has 108 valence electrons. The Kier molecular flexibility index (Phi) is 3.79. The van der Waals surface area contributed by atoms with E-state index >= 15 is 0 Å². The third-order valence-electron chi connectivity index (χ3n) is 3.44. The largest absolute Gasteiger partial charge is 0.296 e. The first-order chi connectivity index (χ1) is 10.2. The molecule has 2 aromatic heterocycles. The Balaban J connectivity index is 2.12. The van der Waals surface area contributed by atoms with Gasteiger partial charge in [0.2, 0.25) is 4.96 Å². The molecule has 1 atom stereocenters. The van der Waals surface area contributed by atoms with Crippen LogP contribution in [0.1, 0.15) is 41.9 Å². The van der Waals surface area contributed by atoms with Crippen molar-refractivity contribution in [2.24, 2.45) is 0 Å². The zero-order chi connectivity index (χ0) is 14.8. The topological polar surface area (TPSA) is 60.2 Å². The Morgan fingerprint density at radius 1 is 1.24 bits per heavy atom. The minimum absolute atomic E-state index is 0.189. The summed E-state index contributed by atoms with van der Waals surface area (Å²) in [5.74, 6) is 0.197. The zero-order valence-corrected chi connectivity index (χ0v) is 12.8. The SMILES string of the molecule is CCC[C@@H](c1ccccc1)c1nn2c(=O)c(C)nnc2s1. The molecule has 0 amide bonds. The number of hydrogen-bond acceptors (Lipinski definition) is 5. The first-order valence-electron chi connectivity index (χ1n) is 6.98. The normalized spacial score (nSPS) is 12.7. The zero-order valence-electron chi connectivity index (χ0n) is 12.0. The molecule has 21 heavy (non-hydrogen) atoms. The Hall–Kier alpha value is -2.08. The van der Waals surface area contributed by atoms with E-state index in [1.807, 2.05) is 18.2 Å². The van der Waals surface area contributed by atoms with E-state index in [4.69, 9.17) is 0 Å². The van der Waals surface area contributed by atoms with Gasteiger partial charge in [0.05, 0.1) is 0 Å². The van der Waals surface area contributed by atoms with Gasteiger partial charge in [-0.3, -0.25) is 4.79 Å². The molecule has 0 saturated heterocycles. The summed E-state index contributed by atoms with van der Waals surface area (Å²) < 4.78 is 1.37. The van der Waals surface area contributed by atoms with Crippen LogP contribution in [0.4, 0.5) is 0 Å². The predicted octanol–water partition coefficient (Wildman–Crippen LogP) is 2.79. The van der Waals surface area contributed by atoms with Gasteiger partial charge in [-0.1, -0.05) is 55.0 Å². The van der Waals surface area contributed by atoms with Crippen LogP contribution in [0.25, 0.3) is 4.96 Å². The highest BCUT2D eigenvalue weighted by atomic mass is 32.1. The smallest absolute Gasteiger partial charge is 0.265 e. The van der Waals surface area contributed by atoms with E-state index in [1.54, 1.807) is 6.92 Å². The molecular weight excluding hydrogens is 284 g/mol. The van der Waals surface area contributed by atoms with Gasteiger partial charge in [-0.2, -0.15) is 9.61 Å². The summed E-state index contributed by atoms with van der Waals surface area (Å²) in [7, 11) is 0. The maximum Gasteiger partial charge on any atom is 0.296 e. The number of fused-ring (bicyclic) bond motifs is 1. The number of benzene rings is 1. The summed E-state index contributed by atoms with van der Waals surface area (Å²) in [6.45, 7) is 3.81. The van der Waals surface area contributed by atoms with E-state index in [0.717, 1.165) is 17.8 Å². The second-order valence-corrected chi connectivity index (χ2v) is 5.96. The maximum absolute atomic E-state index is 12.1. The first-order valence-corrected chi connectivity index (χ1v) is 7.80. The van der Waals surface area contributed by atoms with Crippen LogP contribution in [0.2, 0.25) is 0 Å². The van der Waals surface area contributed by atoms with E-state index in [-0.39, 0.29) is 11.5 Å². The number of nitrogens with zero attached hydrogens (tertiary/aromatic N) is 4. The maximum atomic E-state index is 12.1. The third kappa shape index (κ3) is 2.58. The molecule has 0 aliphatic carbocycles. The van der Waals surface area contributed by atoms with E-state index in [9.17, 15) is 4.79 Å². The van der Waals surface area contributed by atoms with Crippen LogP contribution in [-0.2, 0) is 0 Å². The average Bonchev–Trinajstić information content (AvgIpc) is 2.94. The second-order valence-electron chi connectivity index (χ2n) is 4.98. The summed E-state index contributed by atoms with van der Waals surface area (Å²) in [6, 6.07) is 10.3. The minimum Gasteiger partial charge on any atom is -0.265 e. The van der Waals surface area contributed by atoms with E-state index in [1.165, 1.54) is 21.4 Å². The lowest BCUT2D eigenvalue weighted by atomic mass is 9.95. The molecule has 0 radical (unpaired) electrons. The van der Waals surface area contributed by atoms with Crippen molar-refractivity contribution in [3.05, 3.63) is 57.0 Å². The molecule has 5 nitrogen and oxygen atoms in total. The monoisotopic (exact) mass is 300 g/mol. The summed E-state index contributed by atoms with van der Waals surface area (Å²) in [5, 5.41) is 13.4. The molecule has 0 aliphatic heterocycles. The van der Waals surface area contributed by atoms with Crippen LogP contribution in [0, 0.1) is 6.92 Å². The Morgan fingerprint density at radius 3 is 2.71 bits per heavy atom. The van der Waals surface area contributed by atoms with Crippen LogP contribution in [0.15, 0.2) is 35.1 Å². The van der Waals surface area contributed by atoms with Crippen molar-refractivity contribution in [2.45, 2.75) is 32.6 Å². The van der Waals surface area contributed by atoms with Gasteiger partial charge in [0, 0.05) is 5.92 Å². The van der Waals surface area contributed by atoms with Crippen molar-refractivity contribution in [1.82, 2.24) is 19.8 Å². The van der Waals surface area contributed by atoms with Crippen molar-refractivity contribution in [3.8, 4) is 0 Å². The highest BCUT2D eigenvalue weighted by Crippen LogP contribution is 2.31. The molecule has 6 heteroatoms. The van der Waals surface area contributed by atoms with Crippen LogP contribution >= 0.6 is 11.3 Å². The van der Waals surface area contributed by atoms with E-state index in [0.29, 0.717) is 10.7 Å². The fraction of sp³-hybridized carbons (Fsp3) is 0.333. The summed E-state index contributed by atoms with van der Waals surface area (Å²) in [6.07, 6.45) is 2.04. The number of aromatic nitrogens is 4. The van der Waals surface area contributed by atoms with Gasteiger partial charge in [0.15, 0.2) is 0 Å². The van der Waals surface area contributed by atoms with Gasteiger partial charge in [-0.15, -0.1) is 10.2 Å². The molecule has 0 bridgehead atoms. The number of hydrogen-bond donors (Lipinski definition) is 0. The molecule has 0 N–H and O–H groups in total. The molecular formula is C15H16N4OS. The van der Waals surface area contributed by atoms with Gasteiger partial charge >= 0.3 is 0 Å². The van der Waals surface area contributed by atoms with Gasteiger partial charge in [0.25, 0.3) is 5.56 Å². The van der Waals surface area contributed by atoms with Crippen molar-refractivity contribution >= 4 is 16.3 Å². The molecule has 3 aromatic rings. The minimum atomic E-state index is -0.189. The van der Waals surface area contributed by atoms with Crippen LogP contribution in [0.5, 0.6) is 0 Å². The predicted molar refractivity (Wildman–Crippen MR) is 82.9 cm³/mol. The molecule has 0 aliphatic rings. The highest BCUT2D eigenvalue weighted by Gasteiger charge is 2.19. The van der Waals surface area contributed by atoms with Crippen molar-refractivity contribution in [3.63, 3.8) is 0 Å².